The van der Waals surface area contributed by atoms with Crippen molar-refractivity contribution in [2.75, 3.05) is 11.9 Å². The predicted molar refractivity (Wildman–Crippen MR) is 61.9 cm³/mol. The number of nitrogens with one attached hydrogen (secondary N) is 2. The molecule has 0 unspecified atom stereocenters. The second-order valence-electron chi connectivity index (χ2n) is 3.68. The summed E-state index contributed by atoms with van der Waals surface area (Å²) < 4.78 is 0. The molecule has 80 valence electrons. The van der Waals surface area contributed by atoms with E-state index in [0.717, 1.165) is 23.3 Å². The third kappa shape index (κ3) is 2.46. The second kappa shape index (κ2) is 4.77. The van der Waals surface area contributed by atoms with Gasteiger partial charge >= 0.3 is 0 Å². The summed E-state index contributed by atoms with van der Waals surface area (Å²) in [5, 5.41) is 13.9. The number of fused-ring (bicyclic) bond motifs is 1. The quantitative estimate of drug-likeness (QED) is 0.736. The van der Waals surface area contributed by atoms with Gasteiger partial charge in [0.1, 0.15) is 5.52 Å². The van der Waals surface area contributed by atoms with E-state index in [2.05, 4.69) is 27.7 Å². The Kier molecular flexibility index (Phi) is 3.17. The first kappa shape index (κ1) is 9.96. The highest BCUT2D eigenvalue weighted by Crippen LogP contribution is 2.14. The van der Waals surface area contributed by atoms with Crippen molar-refractivity contribution in [2.45, 2.75) is 26.2 Å². The number of rotatable bonds is 5. The molecule has 4 heteroatoms. The molecule has 2 N–H and O–H groups in total. The molecule has 1 aromatic carbocycles. The van der Waals surface area contributed by atoms with Crippen molar-refractivity contribution in [1.29, 1.82) is 0 Å². The van der Waals surface area contributed by atoms with Crippen molar-refractivity contribution in [3.05, 3.63) is 18.2 Å². The van der Waals surface area contributed by atoms with Crippen LogP contribution in [0.3, 0.4) is 0 Å². The van der Waals surface area contributed by atoms with Gasteiger partial charge in [0.2, 0.25) is 0 Å². The monoisotopic (exact) mass is 204 g/mol. The van der Waals surface area contributed by atoms with E-state index >= 15 is 0 Å². The SMILES string of the molecule is CCCCCNc1ccc2[nH]nnc2c1. The fourth-order valence-corrected chi connectivity index (χ4v) is 1.56. The third-order valence-corrected chi connectivity index (χ3v) is 2.44. The zero-order valence-corrected chi connectivity index (χ0v) is 8.95. The van der Waals surface area contributed by atoms with E-state index in [4.69, 9.17) is 0 Å². The topological polar surface area (TPSA) is 53.6 Å². The van der Waals surface area contributed by atoms with E-state index in [0.29, 0.717) is 0 Å². The number of aromatic amines is 1. The zero-order chi connectivity index (χ0) is 10.5. The van der Waals surface area contributed by atoms with Gasteiger partial charge in [0.15, 0.2) is 0 Å². The molecule has 1 aromatic heterocycles. The van der Waals surface area contributed by atoms with Crippen LogP contribution < -0.4 is 5.32 Å². The van der Waals surface area contributed by atoms with Crippen LogP contribution in [0.5, 0.6) is 0 Å². The van der Waals surface area contributed by atoms with Gasteiger partial charge in [0.25, 0.3) is 0 Å². The molecule has 0 aliphatic heterocycles. The number of aromatic nitrogens is 3. The highest BCUT2D eigenvalue weighted by molar-refractivity contribution is 5.77. The second-order valence-corrected chi connectivity index (χ2v) is 3.68. The minimum Gasteiger partial charge on any atom is -0.385 e. The summed E-state index contributed by atoms with van der Waals surface area (Å²) in [7, 11) is 0. The average molecular weight is 204 g/mol. The van der Waals surface area contributed by atoms with Crippen LogP contribution in [-0.4, -0.2) is 22.0 Å². The fourth-order valence-electron chi connectivity index (χ4n) is 1.56. The molecule has 4 nitrogen and oxygen atoms in total. The van der Waals surface area contributed by atoms with Crippen molar-refractivity contribution in [3.8, 4) is 0 Å². The Morgan fingerprint density at radius 2 is 2.27 bits per heavy atom. The van der Waals surface area contributed by atoms with Gasteiger partial charge in [-0.15, -0.1) is 5.10 Å². The van der Waals surface area contributed by atoms with Crippen molar-refractivity contribution in [1.82, 2.24) is 15.4 Å². The highest BCUT2D eigenvalue weighted by atomic mass is 15.3. The average Bonchev–Trinajstić information content (AvgIpc) is 2.71. The van der Waals surface area contributed by atoms with Gasteiger partial charge in [-0.2, -0.15) is 0 Å². The van der Waals surface area contributed by atoms with Crippen LogP contribution in [0.25, 0.3) is 11.0 Å². The maximum Gasteiger partial charge on any atom is 0.114 e. The molecule has 0 aliphatic carbocycles. The third-order valence-electron chi connectivity index (χ3n) is 2.44. The van der Waals surface area contributed by atoms with Crippen molar-refractivity contribution in [3.63, 3.8) is 0 Å². The minimum atomic E-state index is 0.912. The Bertz CT molecular complexity index is 421. The molecule has 0 amide bonds. The molecule has 0 atom stereocenters. The van der Waals surface area contributed by atoms with Crippen LogP contribution in [0.1, 0.15) is 26.2 Å². The van der Waals surface area contributed by atoms with Gasteiger partial charge in [-0.25, -0.2) is 0 Å². The lowest BCUT2D eigenvalue weighted by Gasteiger charge is -2.04. The molecule has 15 heavy (non-hydrogen) atoms. The van der Waals surface area contributed by atoms with Gasteiger partial charge in [0.05, 0.1) is 5.52 Å². The Morgan fingerprint density at radius 1 is 1.33 bits per heavy atom. The normalized spacial score (nSPS) is 10.7. The van der Waals surface area contributed by atoms with Gasteiger partial charge in [-0.1, -0.05) is 25.0 Å². The first-order valence-electron chi connectivity index (χ1n) is 5.45. The summed E-state index contributed by atoms with van der Waals surface area (Å²) in [5.41, 5.74) is 3.01. The van der Waals surface area contributed by atoms with Crippen LogP contribution >= 0.6 is 0 Å². The van der Waals surface area contributed by atoms with Gasteiger partial charge in [-0.05, 0) is 24.6 Å². The predicted octanol–water partition coefficient (Wildman–Crippen LogP) is 2.56. The van der Waals surface area contributed by atoms with Crippen LogP contribution in [0.15, 0.2) is 18.2 Å². The highest BCUT2D eigenvalue weighted by Gasteiger charge is 1.98. The Balaban J connectivity index is 1.96. The van der Waals surface area contributed by atoms with Crippen LogP contribution in [0.2, 0.25) is 0 Å². The van der Waals surface area contributed by atoms with Crippen LogP contribution in [-0.2, 0) is 0 Å². The summed E-state index contributed by atoms with van der Waals surface area (Å²) in [6.07, 6.45) is 3.75. The van der Waals surface area contributed by atoms with E-state index < -0.39 is 0 Å². The number of hydrogen-bond donors (Lipinski definition) is 2. The molecule has 0 saturated heterocycles. The van der Waals surface area contributed by atoms with E-state index in [-0.39, 0.29) is 0 Å². The minimum absolute atomic E-state index is 0.912. The van der Waals surface area contributed by atoms with Crippen LogP contribution in [0, 0.1) is 0 Å². The van der Waals surface area contributed by atoms with Gasteiger partial charge in [0, 0.05) is 12.2 Å². The fraction of sp³-hybridized carbons (Fsp3) is 0.455. The lowest BCUT2D eigenvalue weighted by atomic mass is 10.2. The van der Waals surface area contributed by atoms with E-state index in [1.54, 1.807) is 0 Å². The summed E-state index contributed by atoms with van der Waals surface area (Å²) in [4.78, 5) is 0. The van der Waals surface area contributed by atoms with E-state index in [1.807, 2.05) is 18.2 Å². The van der Waals surface area contributed by atoms with Gasteiger partial charge in [-0.3, -0.25) is 5.10 Å². The van der Waals surface area contributed by atoms with Gasteiger partial charge < -0.3 is 5.32 Å². The molecule has 0 aliphatic rings. The Labute approximate surface area is 89.1 Å². The maximum atomic E-state index is 3.98. The molecule has 2 rings (SSSR count). The van der Waals surface area contributed by atoms with Crippen molar-refractivity contribution in [2.24, 2.45) is 0 Å². The molecule has 0 fully saturated rings. The molecule has 0 spiro atoms. The largest absolute Gasteiger partial charge is 0.385 e. The Hall–Kier alpha value is -1.58. The maximum absolute atomic E-state index is 3.98. The molecule has 0 radical (unpaired) electrons. The summed E-state index contributed by atoms with van der Waals surface area (Å²) in [6.45, 7) is 3.23. The lowest BCUT2D eigenvalue weighted by Crippen LogP contribution is -2.00. The molecule has 0 saturated carbocycles. The number of hydrogen-bond acceptors (Lipinski definition) is 3. The number of H-pyrrole nitrogens is 1. The molecule has 1 heterocycles. The summed E-state index contributed by atoms with van der Waals surface area (Å²) >= 11 is 0. The van der Waals surface area contributed by atoms with Crippen molar-refractivity contribution >= 4 is 16.7 Å². The van der Waals surface area contributed by atoms with Crippen LogP contribution in [0.4, 0.5) is 5.69 Å². The summed E-state index contributed by atoms with van der Waals surface area (Å²) in [6, 6.07) is 6.07. The van der Waals surface area contributed by atoms with E-state index in [1.165, 1.54) is 19.3 Å². The number of benzene rings is 1. The summed E-state index contributed by atoms with van der Waals surface area (Å²) in [5.74, 6) is 0. The van der Waals surface area contributed by atoms with Crippen molar-refractivity contribution < 1.29 is 0 Å². The zero-order valence-electron chi connectivity index (χ0n) is 8.95. The molecular formula is C11H16N4. The number of unbranched alkanes of at least 4 members (excludes halogenated alkanes) is 2. The smallest absolute Gasteiger partial charge is 0.114 e. The molecule has 2 aromatic rings. The standard InChI is InChI=1S/C11H16N4/c1-2-3-4-7-12-9-5-6-10-11(8-9)14-15-13-10/h5-6,8,12H,2-4,7H2,1H3,(H,13,14,15). The van der Waals surface area contributed by atoms with E-state index in [9.17, 15) is 0 Å². The Morgan fingerprint density at radius 3 is 3.13 bits per heavy atom. The number of nitrogens with zero attached hydrogens (tertiary/aromatic N) is 2. The first-order chi connectivity index (χ1) is 7.40. The molecule has 0 bridgehead atoms. The number of anilines is 1. The molecular weight excluding hydrogens is 188 g/mol. The first-order valence-corrected chi connectivity index (χ1v) is 5.45. The lowest BCUT2D eigenvalue weighted by molar-refractivity contribution is 0.744.